The first-order chi connectivity index (χ1) is 16.5. The Balaban J connectivity index is 1.31. The van der Waals surface area contributed by atoms with Crippen molar-refractivity contribution in [2.24, 2.45) is 5.92 Å². The number of para-hydroxylation sites is 1. The topological polar surface area (TPSA) is 87.5 Å². The summed E-state index contributed by atoms with van der Waals surface area (Å²) >= 11 is 0. The van der Waals surface area contributed by atoms with Crippen LogP contribution in [-0.4, -0.2) is 46.0 Å². The number of aliphatic hydroxyl groups excluding tert-OH is 2. The van der Waals surface area contributed by atoms with Crippen LogP contribution >= 0.6 is 0 Å². The smallest absolute Gasteiger partial charge is 0.232 e. The predicted molar refractivity (Wildman–Crippen MR) is 126 cm³/mol. The van der Waals surface area contributed by atoms with Crippen molar-refractivity contribution in [1.82, 2.24) is 15.3 Å². The Bertz CT molecular complexity index is 1150. The molecule has 1 heterocycles. The van der Waals surface area contributed by atoms with E-state index in [1.165, 1.54) is 19.4 Å². The number of aliphatic hydroxyl groups is 2. The lowest BCUT2D eigenvalue weighted by Crippen LogP contribution is -2.37. The highest BCUT2D eigenvalue weighted by Gasteiger charge is 2.32. The van der Waals surface area contributed by atoms with E-state index in [0.29, 0.717) is 29.0 Å². The van der Waals surface area contributed by atoms with Gasteiger partial charge in [0.1, 0.15) is 17.7 Å². The van der Waals surface area contributed by atoms with Crippen LogP contribution in [-0.2, 0) is 0 Å². The van der Waals surface area contributed by atoms with Crippen LogP contribution in [0.25, 0.3) is 17.1 Å². The molecule has 2 aromatic carbocycles. The molecule has 0 aliphatic heterocycles. The van der Waals surface area contributed by atoms with Gasteiger partial charge in [-0.25, -0.2) is 18.7 Å². The quantitative estimate of drug-likeness (QED) is 0.459. The van der Waals surface area contributed by atoms with Gasteiger partial charge in [-0.2, -0.15) is 0 Å². The maximum atomic E-state index is 13.7. The normalized spacial score (nSPS) is 20.5. The van der Waals surface area contributed by atoms with E-state index >= 15 is 0 Å². The molecule has 1 fully saturated rings. The molecule has 34 heavy (non-hydrogen) atoms. The molecule has 1 aliphatic rings. The van der Waals surface area contributed by atoms with Crippen LogP contribution in [0.2, 0.25) is 0 Å². The zero-order chi connectivity index (χ0) is 24.1. The van der Waals surface area contributed by atoms with Crippen LogP contribution in [0.15, 0.2) is 48.7 Å². The minimum Gasteiger partial charge on any atom is -0.480 e. The Labute approximate surface area is 197 Å². The molecule has 3 N–H and O–H groups in total. The summed E-state index contributed by atoms with van der Waals surface area (Å²) in [5.74, 6) is -0.620. The third-order valence-corrected chi connectivity index (χ3v) is 6.47. The maximum absolute atomic E-state index is 13.7. The number of ether oxygens (including phenoxy) is 1. The SMILES string of the molecule is COc1cnc2cccc(C(O)C(O)C3CCC(NCC=Cc4cc(F)ccc4F)CC3)c2n1. The third kappa shape index (κ3) is 5.58. The Morgan fingerprint density at radius 3 is 2.71 bits per heavy atom. The molecule has 6 nitrogen and oxygen atoms in total. The number of rotatable bonds is 8. The second-order valence-corrected chi connectivity index (χ2v) is 8.65. The van der Waals surface area contributed by atoms with Crippen LogP contribution in [0.4, 0.5) is 8.78 Å². The van der Waals surface area contributed by atoms with Crippen molar-refractivity contribution in [3.63, 3.8) is 0 Å². The Kier molecular flexibility index (Phi) is 7.82. The molecule has 2 unspecified atom stereocenters. The van der Waals surface area contributed by atoms with E-state index in [4.69, 9.17) is 4.74 Å². The molecule has 0 bridgehead atoms. The van der Waals surface area contributed by atoms with E-state index in [0.717, 1.165) is 37.8 Å². The van der Waals surface area contributed by atoms with E-state index in [9.17, 15) is 19.0 Å². The fraction of sp³-hybridized carbons (Fsp3) is 0.385. The van der Waals surface area contributed by atoms with Crippen molar-refractivity contribution in [3.8, 4) is 5.88 Å². The Morgan fingerprint density at radius 2 is 1.94 bits per heavy atom. The van der Waals surface area contributed by atoms with Gasteiger partial charge in [-0.3, -0.25) is 0 Å². The van der Waals surface area contributed by atoms with Crippen LogP contribution < -0.4 is 10.1 Å². The number of nitrogens with one attached hydrogen (secondary N) is 1. The number of aromatic nitrogens is 2. The molecule has 8 heteroatoms. The zero-order valence-electron chi connectivity index (χ0n) is 19.0. The van der Waals surface area contributed by atoms with Gasteiger partial charge >= 0.3 is 0 Å². The summed E-state index contributed by atoms with van der Waals surface area (Å²) in [5.41, 5.74) is 1.90. The van der Waals surface area contributed by atoms with Gasteiger partial charge < -0.3 is 20.3 Å². The highest BCUT2D eigenvalue weighted by atomic mass is 19.1. The second kappa shape index (κ2) is 11.0. The van der Waals surface area contributed by atoms with Crippen LogP contribution in [0.5, 0.6) is 5.88 Å². The Hall–Kier alpha value is -2.94. The summed E-state index contributed by atoms with van der Waals surface area (Å²) in [6.07, 6.45) is 6.08. The van der Waals surface area contributed by atoms with Crippen molar-refractivity contribution in [2.45, 2.75) is 43.9 Å². The molecule has 2 atom stereocenters. The van der Waals surface area contributed by atoms with Crippen molar-refractivity contribution in [1.29, 1.82) is 0 Å². The fourth-order valence-electron chi connectivity index (χ4n) is 4.55. The second-order valence-electron chi connectivity index (χ2n) is 8.65. The van der Waals surface area contributed by atoms with E-state index in [1.807, 2.05) is 0 Å². The predicted octanol–water partition coefficient (Wildman–Crippen LogP) is 4.17. The van der Waals surface area contributed by atoms with Gasteiger partial charge in [0.15, 0.2) is 0 Å². The average molecular weight is 470 g/mol. The summed E-state index contributed by atoms with van der Waals surface area (Å²) in [7, 11) is 1.51. The number of methoxy groups -OCH3 is 1. The maximum Gasteiger partial charge on any atom is 0.232 e. The van der Waals surface area contributed by atoms with Crippen molar-refractivity contribution < 1.29 is 23.7 Å². The molecule has 3 aromatic rings. The summed E-state index contributed by atoms with van der Waals surface area (Å²) in [6, 6.07) is 8.99. The van der Waals surface area contributed by atoms with Gasteiger partial charge in [0.2, 0.25) is 5.88 Å². The molecule has 1 aromatic heterocycles. The number of fused-ring (bicyclic) bond motifs is 1. The van der Waals surface area contributed by atoms with Crippen molar-refractivity contribution in [3.05, 3.63) is 71.4 Å². The highest BCUT2D eigenvalue weighted by Crippen LogP contribution is 2.34. The van der Waals surface area contributed by atoms with Gasteiger partial charge in [-0.15, -0.1) is 0 Å². The molecule has 1 saturated carbocycles. The van der Waals surface area contributed by atoms with E-state index < -0.39 is 23.8 Å². The highest BCUT2D eigenvalue weighted by molar-refractivity contribution is 5.78. The van der Waals surface area contributed by atoms with Gasteiger partial charge in [-0.05, 0) is 55.9 Å². The largest absolute Gasteiger partial charge is 0.480 e. The fourth-order valence-corrected chi connectivity index (χ4v) is 4.55. The lowest BCUT2D eigenvalue weighted by molar-refractivity contribution is -0.0300. The third-order valence-electron chi connectivity index (χ3n) is 6.47. The standard InChI is InChI=1S/C26H29F2N3O3/c1-34-23-15-30-22-6-2-5-20(24(22)31-23)26(33)25(32)16-7-10-19(11-8-16)29-13-3-4-17-14-18(27)9-12-21(17)28/h2-6,9,12,14-16,19,25-26,29,32-33H,7-8,10-11,13H2,1H3. The monoisotopic (exact) mass is 469 g/mol. The average Bonchev–Trinajstić information content (AvgIpc) is 2.87. The lowest BCUT2D eigenvalue weighted by atomic mass is 9.80. The first kappa shape index (κ1) is 24.2. The van der Waals surface area contributed by atoms with E-state index in [-0.39, 0.29) is 17.5 Å². The minimum atomic E-state index is -1.08. The first-order valence-electron chi connectivity index (χ1n) is 11.5. The van der Waals surface area contributed by atoms with Gasteiger partial charge in [0, 0.05) is 23.7 Å². The van der Waals surface area contributed by atoms with Crippen LogP contribution in [0.3, 0.4) is 0 Å². The lowest BCUT2D eigenvalue weighted by Gasteiger charge is -2.34. The van der Waals surface area contributed by atoms with Crippen LogP contribution in [0.1, 0.15) is 42.9 Å². The van der Waals surface area contributed by atoms with Gasteiger partial charge in [0.25, 0.3) is 0 Å². The van der Waals surface area contributed by atoms with E-state index in [2.05, 4.69) is 15.3 Å². The van der Waals surface area contributed by atoms with E-state index in [1.54, 1.807) is 30.4 Å². The van der Waals surface area contributed by atoms with Gasteiger partial charge in [0.05, 0.1) is 30.4 Å². The summed E-state index contributed by atoms with van der Waals surface area (Å²) in [6.45, 7) is 0.535. The van der Waals surface area contributed by atoms with Crippen LogP contribution in [0, 0.1) is 17.6 Å². The summed E-state index contributed by atoms with van der Waals surface area (Å²) < 4.78 is 32.1. The first-order valence-corrected chi connectivity index (χ1v) is 11.5. The van der Waals surface area contributed by atoms with Gasteiger partial charge in [-0.1, -0.05) is 24.3 Å². The van der Waals surface area contributed by atoms with Crippen molar-refractivity contribution in [2.75, 3.05) is 13.7 Å². The molecular formula is C26H29F2N3O3. The summed E-state index contributed by atoms with van der Waals surface area (Å²) in [5, 5.41) is 25.3. The molecule has 0 amide bonds. The number of benzene rings is 2. The molecule has 180 valence electrons. The molecule has 0 radical (unpaired) electrons. The summed E-state index contributed by atoms with van der Waals surface area (Å²) in [4.78, 5) is 8.72. The molecule has 1 aliphatic carbocycles. The van der Waals surface area contributed by atoms with Crippen molar-refractivity contribution >= 4 is 17.1 Å². The molecule has 4 rings (SSSR count). The molecule has 0 spiro atoms. The minimum absolute atomic E-state index is 0.0428. The Morgan fingerprint density at radius 1 is 1.15 bits per heavy atom. The number of halogens is 2. The number of hydrogen-bond acceptors (Lipinski definition) is 6. The molecular weight excluding hydrogens is 440 g/mol. The zero-order valence-corrected chi connectivity index (χ0v) is 19.0. The molecule has 0 saturated heterocycles. The number of nitrogens with zero attached hydrogens (tertiary/aromatic N) is 2. The number of hydrogen-bond donors (Lipinski definition) is 3.